The van der Waals surface area contributed by atoms with Crippen molar-refractivity contribution < 1.29 is 0 Å². The van der Waals surface area contributed by atoms with Crippen LogP contribution in [0.2, 0.25) is 0 Å². The van der Waals surface area contributed by atoms with Crippen LogP contribution in [0.4, 0.5) is 0 Å². The van der Waals surface area contributed by atoms with Crippen LogP contribution in [0.15, 0.2) is 5.38 Å². The fourth-order valence-corrected chi connectivity index (χ4v) is 3.71. The molecule has 0 atom stereocenters. The first-order valence-electron chi connectivity index (χ1n) is 8.14. The summed E-state index contributed by atoms with van der Waals surface area (Å²) in [6.07, 6.45) is 9.40. The van der Waals surface area contributed by atoms with Crippen molar-refractivity contribution in [1.29, 1.82) is 0 Å². The topological polar surface area (TPSA) is 28.2 Å². The highest BCUT2D eigenvalue weighted by molar-refractivity contribution is 7.09. The van der Waals surface area contributed by atoms with E-state index in [0.717, 1.165) is 25.6 Å². The van der Waals surface area contributed by atoms with E-state index in [0.29, 0.717) is 0 Å². The van der Waals surface area contributed by atoms with E-state index < -0.39 is 0 Å². The first kappa shape index (κ1) is 15.9. The molecule has 4 heteroatoms. The van der Waals surface area contributed by atoms with Crippen molar-refractivity contribution in [1.82, 2.24) is 15.2 Å². The number of hydrogen-bond donors (Lipinski definition) is 1. The van der Waals surface area contributed by atoms with Crippen LogP contribution < -0.4 is 5.32 Å². The van der Waals surface area contributed by atoms with Gasteiger partial charge in [0.05, 0.1) is 10.7 Å². The molecule has 0 aliphatic heterocycles. The van der Waals surface area contributed by atoms with Crippen molar-refractivity contribution >= 4 is 11.3 Å². The lowest BCUT2D eigenvalue weighted by molar-refractivity contribution is 0.189. The Kier molecular flexibility index (Phi) is 6.97. The van der Waals surface area contributed by atoms with Gasteiger partial charge >= 0.3 is 0 Å². The molecule has 0 spiro atoms. The summed E-state index contributed by atoms with van der Waals surface area (Å²) < 4.78 is 0. The third-order valence-corrected chi connectivity index (χ3v) is 5.31. The zero-order valence-electron chi connectivity index (χ0n) is 13.0. The van der Waals surface area contributed by atoms with Gasteiger partial charge in [-0.25, -0.2) is 4.98 Å². The Balaban J connectivity index is 1.54. The molecule has 1 aliphatic rings. The monoisotopic (exact) mass is 295 g/mol. The molecule has 114 valence electrons. The second kappa shape index (κ2) is 8.75. The number of thiazole rings is 1. The minimum Gasteiger partial charge on any atom is -0.311 e. The molecule has 0 saturated heterocycles. The number of rotatable bonds is 8. The van der Waals surface area contributed by atoms with Gasteiger partial charge in [-0.15, -0.1) is 11.3 Å². The minimum atomic E-state index is 0.842. The van der Waals surface area contributed by atoms with E-state index in [1.54, 1.807) is 11.3 Å². The second-order valence-corrected chi connectivity index (χ2v) is 6.83. The minimum absolute atomic E-state index is 0.842. The van der Waals surface area contributed by atoms with Crippen molar-refractivity contribution in [2.75, 3.05) is 20.1 Å². The average Bonchev–Trinajstić information content (AvgIpc) is 2.95. The van der Waals surface area contributed by atoms with Gasteiger partial charge < -0.3 is 10.2 Å². The van der Waals surface area contributed by atoms with Crippen molar-refractivity contribution in [3.05, 3.63) is 16.1 Å². The van der Waals surface area contributed by atoms with E-state index >= 15 is 0 Å². The zero-order valence-corrected chi connectivity index (χ0v) is 13.8. The van der Waals surface area contributed by atoms with Crippen LogP contribution >= 0.6 is 11.3 Å². The zero-order chi connectivity index (χ0) is 14.2. The Bertz CT molecular complexity index is 372. The molecule has 1 fully saturated rings. The van der Waals surface area contributed by atoms with Crippen LogP contribution in [0, 0.1) is 0 Å². The lowest BCUT2D eigenvalue weighted by Gasteiger charge is -2.31. The van der Waals surface area contributed by atoms with E-state index in [4.69, 9.17) is 0 Å². The summed E-state index contributed by atoms with van der Waals surface area (Å²) in [4.78, 5) is 7.15. The highest BCUT2D eigenvalue weighted by Gasteiger charge is 2.17. The molecular formula is C16H29N3S. The lowest BCUT2D eigenvalue weighted by Crippen LogP contribution is -2.35. The van der Waals surface area contributed by atoms with Gasteiger partial charge in [0, 0.05) is 18.0 Å². The largest absolute Gasteiger partial charge is 0.311 e. The van der Waals surface area contributed by atoms with Crippen molar-refractivity contribution in [3.63, 3.8) is 0 Å². The molecule has 0 bridgehead atoms. The molecule has 2 rings (SSSR count). The van der Waals surface area contributed by atoms with Crippen LogP contribution in [0.5, 0.6) is 0 Å². The highest BCUT2D eigenvalue weighted by atomic mass is 32.1. The number of hydrogen-bond acceptors (Lipinski definition) is 4. The van der Waals surface area contributed by atoms with Crippen LogP contribution in [0.3, 0.4) is 0 Å². The molecular weight excluding hydrogens is 266 g/mol. The summed E-state index contributed by atoms with van der Waals surface area (Å²) in [5.74, 6) is 0. The van der Waals surface area contributed by atoms with Gasteiger partial charge in [0.1, 0.15) is 0 Å². The summed E-state index contributed by atoms with van der Waals surface area (Å²) in [5.41, 5.74) is 1.20. The van der Waals surface area contributed by atoms with E-state index in [1.165, 1.54) is 55.8 Å². The van der Waals surface area contributed by atoms with E-state index in [-0.39, 0.29) is 0 Å². The smallest absolute Gasteiger partial charge is 0.0926 e. The summed E-state index contributed by atoms with van der Waals surface area (Å²) in [5, 5.41) is 6.94. The molecule has 0 unspecified atom stereocenters. The third kappa shape index (κ3) is 5.15. The Morgan fingerprint density at radius 3 is 2.85 bits per heavy atom. The van der Waals surface area contributed by atoms with Crippen molar-refractivity contribution in [3.8, 4) is 0 Å². The summed E-state index contributed by atoms with van der Waals surface area (Å²) in [6.45, 7) is 5.39. The Morgan fingerprint density at radius 2 is 2.15 bits per heavy atom. The van der Waals surface area contributed by atoms with E-state index in [1.807, 2.05) is 0 Å². The second-order valence-electron chi connectivity index (χ2n) is 5.89. The highest BCUT2D eigenvalue weighted by Crippen LogP contribution is 2.21. The average molecular weight is 295 g/mol. The van der Waals surface area contributed by atoms with Gasteiger partial charge in [-0.2, -0.15) is 0 Å². The lowest BCUT2D eigenvalue weighted by atomic mass is 9.94. The fraction of sp³-hybridized carbons (Fsp3) is 0.812. The molecule has 1 N–H and O–H groups in total. The standard InChI is InChI=1S/C16H29N3S/c1-3-16-18-14(13-20-16)12-17-10-7-11-19(2)15-8-5-4-6-9-15/h13,15,17H,3-12H2,1-2H3. The summed E-state index contributed by atoms with van der Waals surface area (Å²) >= 11 is 1.78. The summed E-state index contributed by atoms with van der Waals surface area (Å²) in [6, 6.07) is 0.842. The van der Waals surface area contributed by atoms with Crippen LogP contribution in [0.1, 0.15) is 56.2 Å². The van der Waals surface area contributed by atoms with Crippen LogP contribution in [-0.2, 0) is 13.0 Å². The fourth-order valence-electron chi connectivity index (χ4n) is 2.97. The Hall–Kier alpha value is -0.450. The molecule has 0 aromatic carbocycles. The van der Waals surface area contributed by atoms with Crippen molar-refractivity contribution in [2.45, 2.75) is 64.5 Å². The maximum absolute atomic E-state index is 4.58. The van der Waals surface area contributed by atoms with Crippen LogP contribution in [-0.4, -0.2) is 36.1 Å². The maximum atomic E-state index is 4.58. The molecule has 0 amide bonds. The molecule has 1 aromatic rings. The molecule has 20 heavy (non-hydrogen) atoms. The van der Waals surface area contributed by atoms with Gasteiger partial charge in [0.2, 0.25) is 0 Å². The normalized spacial score (nSPS) is 16.9. The number of aryl methyl sites for hydroxylation is 1. The molecule has 1 aliphatic carbocycles. The molecule has 1 aromatic heterocycles. The van der Waals surface area contributed by atoms with Gasteiger partial charge in [0.25, 0.3) is 0 Å². The SMILES string of the molecule is CCc1nc(CNCCCN(C)C2CCCCC2)cs1. The Morgan fingerprint density at radius 1 is 1.35 bits per heavy atom. The van der Waals surface area contributed by atoms with E-state index in [9.17, 15) is 0 Å². The summed E-state index contributed by atoms with van der Waals surface area (Å²) in [7, 11) is 2.30. The predicted molar refractivity (Wildman–Crippen MR) is 87.3 cm³/mol. The van der Waals surface area contributed by atoms with E-state index in [2.05, 4.69) is 34.6 Å². The van der Waals surface area contributed by atoms with Gasteiger partial charge in [-0.3, -0.25) is 0 Å². The first-order chi connectivity index (χ1) is 9.79. The van der Waals surface area contributed by atoms with Gasteiger partial charge in [-0.05, 0) is 45.8 Å². The van der Waals surface area contributed by atoms with Crippen LogP contribution in [0.25, 0.3) is 0 Å². The van der Waals surface area contributed by atoms with Crippen molar-refractivity contribution in [2.24, 2.45) is 0 Å². The Labute approximate surface area is 127 Å². The van der Waals surface area contributed by atoms with Gasteiger partial charge in [0.15, 0.2) is 0 Å². The maximum Gasteiger partial charge on any atom is 0.0926 e. The molecule has 3 nitrogen and oxygen atoms in total. The predicted octanol–water partition coefficient (Wildman–Crippen LogP) is 3.45. The number of nitrogens with zero attached hydrogens (tertiary/aromatic N) is 2. The van der Waals surface area contributed by atoms with Gasteiger partial charge in [-0.1, -0.05) is 26.2 Å². The quantitative estimate of drug-likeness (QED) is 0.745. The third-order valence-electron chi connectivity index (χ3n) is 4.27. The molecule has 1 heterocycles. The number of nitrogens with one attached hydrogen (secondary N) is 1. The first-order valence-corrected chi connectivity index (χ1v) is 9.01. The molecule has 1 saturated carbocycles. The number of aromatic nitrogens is 1. The molecule has 0 radical (unpaired) electrons.